The van der Waals surface area contributed by atoms with Gasteiger partial charge in [-0.25, -0.2) is 0 Å². The number of hydrogen-bond donors (Lipinski definition) is 0. The Morgan fingerprint density at radius 1 is 0.676 bits per heavy atom. The molecule has 0 fully saturated rings. The zero-order valence-corrected chi connectivity index (χ0v) is 22.8. The van der Waals surface area contributed by atoms with Crippen LogP contribution in [0.1, 0.15) is 89.2 Å². The molecule has 0 aliphatic rings. The van der Waals surface area contributed by atoms with Crippen LogP contribution in [0.15, 0.2) is 54.6 Å². The molecule has 0 spiro atoms. The van der Waals surface area contributed by atoms with E-state index in [0.29, 0.717) is 6.61 Å². The second-order valence-electron chi connectivity index (χ2n) is 8.88. The average molecular weight is 494 g/mol. The van der Waals surface area contributed by atoms with Crippen LogP contribution < -0.4 is 4.89 Å². The highest BCUT2D eigenvalue weighted by Crippen LogP contribution is 2.21. The largest absolute Gasteiger partial charge is 0.308 e. The first-order chi connectivity index (χ1) is 16.2. The summed E-state index contributed by atoms with van der Waals surface area (Å²) < 4.78 is 0. The molecule has 0 aliphatic heterocycles. The van der Waals surface area contributed by atoms with Crippen LogP contribution in [0.3, 0.4) is 0 Å². The van der Waals surface area contributed by atoms with Crippen molar-refractivity contribution in [2.75, 3.05) is 20.7 Å². The summed E-state index contributed by atoms with van der Waals surface area (Å²) in [5, 5.41) is 4.90. The van der Waals surface area contributed by atoms with Crippen LogP contribution in [0.4, 0.5) is 0 Å². The highest BCUT2D eigenvalue weighted by atomic mass is 35.5. The van der Waals surface area contributed by atoms with Crippen molar-refractivity contribution in [2.45, 2.75) is 91.0 Å². The zero-order chi connectivity index (χ0) is 24.0. The molecule has 0 bridgehead atoms. The maximum Gasteiger partial charge on any atom is 0.171 e. The van der Waals surface area contributed by atoms with Crippen molar-refractivity contribution in [1.82, 2.24) is 4.90 Å². The lowest BCUT2D eigenvalue weighted by Crippen LogP contribution is -2.10. The molecule has 0 N–H and O–H groups in total. The Hall–Kier alpha value is -1.59. The Morgan fingerprint density at radius 3 is 1.94 bits per heavy atom. The van der Waals surface area contributed by atoms with Crippen molar-refractivity contribution >= 4 is 12.4 Å². The van der Waals surface area contributed by atoms with Crippen molar-refractivity contribution in [1.29, 1.82) is 0 Å². The molecular weight excluding hydrogens is 446 g/mol. The number of halogens is 1. The summed E-state index contributed by atoms with van der Waals surface area (Å²) in [7, 11) is 4.15. The summed E-state index contributed by atoms with van der Waals surface area (Å²) in [6, 6.07) is 18.5. The zero-order valence-electron chi connectivity index (χ0n) is 22.0. The number of benzene rings is 2. The van der Waals surface area contributed by atoms with E-state index in [1.165, 1.54) is 68.9 Å². The van der Waals surface area contributed by atoms with E-state index in [9.17, 15) is 0 Å². The van der Waals surface area contributed by atoms with Crippen LogP contribution in [0, 0.1) is 0 Å². The Balaban J connectivity index is 0.000000827. The predicted octanol–water partition coefficient (Wildman–Crippen LogP) is 8.58. The SMILES string of the molecule is CCCCCCCCc1ccccc1OOOCCCCCC.CN(C)Cc1ccccc1.Cl. The highest BCUT2D eigenvalue weighted by Gasteiger charge is 2.04. The molecule has 194 valence electrons. The normalized spacial score (nSPS) is 10.4. The van der Waals surface area contributed by atoms with Gasteiger partial charge in [0.15, 0.2) is 5.75 Å². The van der Waals surface area contributed by atoms with Gasteiger partial charge in [0.1, 0.15) is 0 Å². The third kappa shape index (κ3) is 17.8. The number of aryl methyl sites for hydroxylation is 1. The maximum atomic E-state index is 5.32. The molecule has 2 rings (SSSR count). The number of unbranched alkanes of at least 4 members (excludes halogenated alkanes) is 8. The van der Waals surface area contributed by atoms with Crippen LogP contribution in [0.5, 0.6) is 5.75 Å². The van der Waals surface area contributed by atoms with Crippen molar-refractivity contribution in [3.8, 4) is 5.75 Å². The molecule has 34 heavy (non-hydrogen) atoms. The van der Waals surface area contributed by atoms with Gasteiger partial charge in [-0.05, 0) is 55.6 Å². The van der Waals surface area contributed by atoms with E-state index in [1.807, 2.05) is 24.3 Å². The molecule has 4 nitrogen and oxygen atoms in total. The van der Waals surface area contributed by atoms with Crippen LogP contribution in [0.25, 0.3) is 0 Å². The van der Waals surface area contributed by atoms with Crippen molar-refractivity contribution in [3.63, 3.8) is 0 Å². The number of para-hydroxylation sites is 1. The quantitative estimate of drug-likeness (QED) is 0.125. The molecule has 2 aromatic carbocycles. The van der Waals surface area contributed by atoms with Crippen LogP contribution >= 0.6 is 12.4 Å². The highest BCUT2D eigenvalue weighted by molar-refractivity contribution is 5.85. The van der Waals surface area contributed by atoms with Gasteiger partial charge in [0.05, 0.1) is 6.61 Å². The third-order valence-corrected chi connectivity index (χ3v) is 5.37. The Bertz CT molecular complexity index is 682. The van der Waals surface area contributed by atoms with E-state index < -0.39 is 0 Å². The Labute approximate surface area is 215 Å². The predicted molar refractivity (Wildman–Crippen MR) is 146 cm³/mol. The maximum absolute atomic E-state index is 5.32. The van der Waals surface area contributed by atoms with Crippen molar-refractivity contribution in [2.24, 2.45) is 0 Å². The topological polar surface area (TPSA) is 30.9 Å². The minimum Gasteiger partial charge on any atom is -0.308 e. The first-order valence-electron chi connectivity index (χ1n) is 12.9. The van der Waals surface area contributed by atoms with E-state index in [1.54, 1.807) is 0 Å². The third-order valence-electron chi connectivity index (χ3n) is 5.37. The summed E-state index contributed by atoms with van der Waals surface area (Å²) in [4.78, 5) is 12.6. The van der Waals surface area contributed by atoms with Gasteiger partial charge in [-0.1, -0.05) is 114 Å². The Kier molecular flexibility index (Phi) is 22.1. The Morgan fingerprint density at radius 2 is 1.26 bits per heavy atom. The molecule has 0 heterocycles. The van der Waals surface area contributed by atoms with Gasteiger partial charge in [0.25, 0.3) is 0 Å². The van der Waals surface area contributed by atoms with E-state index in [4.69, 9.17) is 14.8 Å². The number of nitrogens with zero attached hydrogens (tertiary/aromatic N) is 1. The molecule has 0 saturated heterocycles. The molecule has 0 atom stereocenters. The first-order valence-corrected chi connectivity index (χ1v) is 12.9. The van der Waals surface area contributed by atoms with Gasteiger partial charge < -0.3 is 9.79 Å². The first kappa shape index (κ1) is 32.4. The van der Waals surface area contributed by atoms with Crippen LogP contribution in [0.2, 0.25) is 0 Å². The lowest BCUT2D eigenvalue weighted by atomic mass is 10.0. The van der Waals surface area contributed by atoms with E-state index in [0.717, 1.165) is 25.1 Å². The minimum atomic E-state index is 0. The lowest BCUT2D eigenvalue weighted by molar-refractivity contribution is -0.466. The molecule has 0 saturated carbocycles. The van der Waals surface area contributed by atoms with Gasteiger partial charge in [-0.15, -0.1) is 12.4 Å². The standard InChI is InChI=1S/C20H34O3.C9H13N.ClH/c1-3-5-7-9-10-11-15-19-16-12-13-17-20(19)22-23-21-18-14-8-6-4-2;1-10(2)8-9-6-4-3-5-7-9;/h12-13,16-17H,3-11,14-15,18H2,1-2H3;3-7H,8H2,1-2H3;1H. The molecule has 5 heteroatoms. The monoisotopic (exact) mass is 493 g/mol. The minimum absolute atomic E-state index is 0. The molecular formula is C29H48ClNO3. The lowest BCUT2D eigenvalue weighted by Gasteiger charge is -2.09. The van der Waals surface area contributed by atoms with Gasteiger partial charge in [0, 0.05) is 6.54 Å². The fraction of sp³-hybridized carbons (Fsp3) is 0.586. The van der Waals surface area contributed by atoms with Crippen LogP contribution in [-0.4, -0.2) is 25.6 Å². The second-order valence-corrected chi connectivity index (χ2v) is 8.88. The number of hydrogen-bond acceptors (Lipinski definition) is 4. The van der Waals surface area contributed by atoms with Gasteiger partial charge >= 0.3 is 0 Å². The summed E-state index contributed by atoms with van der Waals surface area (Å²) in [5.41, 5.74) is 2.56. The summed E-state index contributed by atoms with van der Waals surface area (Å²) in [6.45, 7) is 6.06. The summed E-state index contributed by atoms with van der Waals surface area (Å²) in [5.74, 6) is 0.773. The van der Waals surface area contributed by atoms with Gasteiger partial charge in [-0.2, -0.15) is 4.89 Å². The molecule has 0 aromatic heterocycles. The van der Waals surface area contributed by atoms with Crippen molar-refractivity contribution in [3.05, 3.63) is 65.7 Å². The average Bonchev–Trinajstić information content (AvgIpc) is 2.82. The van der Waals surface area contributed by atoms with E-state index in [-0.39, 0.29) is 12.4 Å². The summed E-state index contributed by atoms with van der Waals surface area (Å²) in [6.07, 6.45) is 13.5. The van der Waals surface area contributed by atoms with Gasteiger partial charge in [0.2, 0.25) is 0 Å². The summed E-state index contributed by atoms with van der Waals surface area (Å²) >= 11 is 0. The fourth-order valence-electron chi connectivity index (χ4n) is 3.52. The fourth-order valence-corrected chi connectivity index (χ4v) is 3.52. The molecule has 0 aliphatic carbocycles. The second kappa shape index (κ2) is 23.2. The number of rotatable bonds is 17. The smallest absolute Gasteiger partial charge is 0.171 e. The van der Waals surface area contributed by atoms with Gasteiger partial charge in [-0.3, -0.25) is 0 Å². The molecule has 0 amide bonds. The van der Waals surface area contributed by atoms with E-state index >= 15 is 0 Å². The molecule has 2 aromatic rings. The van der Waals surface area contributed by atoms with E-state index in [2.05, 4.69) is 63.2 Å². The molecule has 0 unspecified atom stereocenters. The van der Waals surface area contributed by atoms with Crippen LogP contribution in [-0.2, 0) is 22.9 Å². The van der Waals surface area contributed by atoms with Crippen molar-refractivity contribution < 1.29 is 14.8 Å². The molecule has 0 radical (unpaired) electrons.